The highest BCUT2D eigenvalue weighted by atomic mass is 32.2. The first-order valence-electron chi connectivity index (χ1n) is 7.61. The summed E-state index contributed by atoms with van der Waals surface area (Å²) < 4.78 is 70.8. The minimum absolute atomic E-state index is 0.255. The molecule has 2 N–H and O–H groups in total. The molecular formula is C17H15F3N2O3S. The topological polar surface area (TPSA) is 74.3 Å². The van der Waals surface area contributed by atoms with Crippen LogP contribution in [0.2, 0.25) is 0 Å². The lowest BCUT2D eigenvalue weighted by Crippen LogP contribution is -2.14. The Morgan fingerprint density at radius 2 is 1.81 bits per heavy atom. The molecule has 0 fully saturated rings. The molecule has 0 saturated heterocycles. The van der Waals surface area contributed by atoms with Gasteiger partial charge in [-0.25, -0.2) is 12.4 Å². The molecule has 0 bridgehead atoms. The molecule has 1 heterocycles. The van der Waals surface area contributed by atoms with Gasteiger partial charge in [0.05, 0.1) is 16.0 Å². The molecule has 0 radical (unpaired) electrons. The fraction of sp³-hybridized carbons (Fsp3) is 0.176. The second kappa shape index (κ2) is 6.65. The van der Waals surface area contributed by atoms with Crippen LogP contribution >= 0.6 is 0 Å². The van der Waals surface area contributed by atoms with Gasteiger partial charge in [0.1, 0.15) is 12.4 Å². The highest BCUT2D eigenvalue weighted by Crippen LogP contribution is 2.33. The molecule has 0 unspecified atom stereocenters. The summed E-state index contributed by atoms with van der Waals surface area (Å²) in [7, 11) is -4.21. The second-order valence-electron chi connectivity index (χ2n) is 5.47. The van der Waals surface area contributed by atoms with Crippen molar-refractivity contribution in [2.24, 2.45) is 5.73 Å². The molecule has 0 spiro atoms. The van der Waals surface area contributed by atoms with E-state index in [1.165, 1.54) is 12.3 Å². The van der Waals surface area contributed by atoms with E-state index in [9.17, 15) is 21.6 Å². The predicted molar refractivity (Wildman–Crippen MR) is 90.5 cm³/mol. The van der Waals surface area contributed by atoms with Crippen LogP contribution in [0.25, 0.3) is 10.9 Å². The highest BCUT2D eigenvalue weighted by molar-refractivity contribution is 7.90. The van der Waals surface area contributed by atoms with Crippen LogP contribution in [0.4, 0.5) is 13.2 Å². The van der Waals surface area contributed by atoms with Crippen molar-refractivity contribution in [1.29, 1.82) is 0 Å². The largest absolute Gasteiger partial charge is 0.492 e. The van der Waals surface area contributed by atoms with E-state index >= 15 is 0 Å². The third-order valence-electron chi connectivity index (χ3n) is 3.75. The second-order valence-corrected chi connectivity index (χ2v) is 7.28. The third kappa shape index (κ3) is 3.27. The minimum Gasteiger partial charge on any atom is -0.492 e. The van der Waals surface area contributed by atoms with Crippen molar-refractivity contribution in [3.8, 4) is 5.75 Å². The summed E-state index contributed by atoms with van der Waals surface area (Å²) in [5.74, 6) is 0.450. The van der Waals surface area contributed by atoms with E-state index in [2.05, 4.69) is 0 Å². The van der Waals surface area contributed by atoms with Crippen LogP contribution in [0, 0.1) is 0 Å². The zero-order valence-corrected chi connectivity index (χ0v) is 14.2. The van der Waals surface area contributed by atoms with Crippen LogP contribution in [0.15, 0.2) is 59.6 Å². The Morgan fingerprint density at radius 3 is 2.50 bits per heavy atom. The molecule has 3 rings (SSSR count). The maximum atomic E-state index is 12.9. The minimum atomic E-state index is -4.63. The lowest BCUT2D eigenvalue weighted by atomic mass is 10.2. The maximum Gasteiger partial charge on any atom is 0.416 e. The monoisotopic (exact) mass is 384 g/mol. The average molecular weight is 384 g/mol. The van der Waals surface area contributed by atoms with Crippen molar-refractivity contribution < 1.29 is 26.3 Å². The Bertz CT molecular complexity index is 1040. The van der Waals surface area contributed by atoms with Gasteiger partial charge >= 0.3 is 6.18 Å². The summed E-state index contributed by atoms with van der Waals surface area (Å²) >= 11 is 0. The van der Waals surface area contributed by atoms with Crippen molar-refractivity contribution in [1.82, 2.24) is 3.97 Å². The number of aromatic nitrogens is 1. The smallest absolute Gasteiger partial charge is 0.416 e. The van der Waals surface area contributed by atoms with Gasteiger partial charge in [-0.05, 0) is 36.4 Å². The summed E-state index contributed by atoms with van der Waals surface area (Å²) in [6.07, 6.45) is -3.34. The van der Waals surface area contributed by atoms with Gasteiger partial charge in [0, 0.05) is 18.1 Å². The molecule has 9 heteroatoms. The van der Waals surface area contributed by atoms with Crippen LogP contribution in [-0.4, -0.2) is 25.5 Å². The number of rotatable bonds is 5. The summed E-state index contributed by atoms with van der Waals surface area (Å²) in [6, 6.07) is 10.00. The molecule has 0 aliphatic heterocycles. The molecule has 138 valence electrons. The fourth-order valence-electron chi connectivity index (χ4n) is 2.57. The van der Waals surface area contributed by atoms with Crippen molar-refractivity contribution in [3.05, 3.63) is 60.3 Å². The highest BCUT2D eigenvalue weighted by Gasteiger charge is 2.32. The number of nitrogens with two attached hydrogens (primary N) is 1. The van der Waals surface area contributed by atoms with Gasteiger partial charge in [0.25, 0.3) is 10.0 Å². The van der Waals surface area contributed by atoms with Gasteiger partial charge in [-0.3, -0.25) is 0 Å². The van der Waals surface area contributed by atoms with Crippen LogP contribution in [0.3, 0.4) is 0 Å². The van der Waals surface area contributed by atoms with E-state index in [4.69, 9.17) is 10.5 Å². The van der Waals surface area contributed by atoms with Crippen LogP contribution in [0.1, 0.15) is 5.56 Å². The van der Waals surface area contributed by atoms with Crippen molar-refractivity contribution in [2.45, 2.75) is 11.1 Å². The Kier molecular flexibility index (Phi) is 4.68. The number of halogens is 3. The zero-order chi connectivity index (χ0) is 18.9. The Labute approximate surface area is 147 Å². The Morgan fingerprint density at radius 1 is 1.08 bits per heavy atom. The molecule has 5 nitrogen and oxygen atoms in total. The van der Waals surface area contributed by atoms with Gasteiger partial charge in [0.2, 0.25) is 0 Å². The van der Waals surface area contributed by atoms with Crippen LogP contribution in [0.5, 0.6) is 5.75 Å². The molecular weight excluding hydrogens is 369 g/mol. The van der Waals surface area contributed by atoms with Gasteiger partial charge in [0.15, 0.2) is 0 Å². The first-order valence-corrected chi connectivity index (χ1v) is 9.05. The number of nitrogens with zero attached hydrogens (tertiary/aromatic N) is 1. The average Bonchev–Trinajstić information content (AvgIpc) is 3.05. The lowest BCUT2D eigenvalue weighted by Gasteiger charge is -2.11. The number of benzene rings is 2. The van der Waals surface area contributed by atoms with Crippen molar-refractivity contribution in [2.75, 3.05) is 13.2 Å². The van der Waals surface area contributed by atoms with Crippen molar-refractivity contribution in [3.63, 3.8) is 0 Å². The lowest BCUT2D eigenvalue weighted by molar-refractivity contribution is -0.137. The SMILES string of the molecule is NCCOc1cccc2c1ccn2S(=O)(=O)c1cccc(C(F)(F)F)c1. The Hall–Kier alpha value is -2.52. The van der Waals surface area contributed by atoms with Gasteiger partial charge in [-0.15, -0.1) is 0 Å². The molecule has 0 amide bonds. The normalized spacial score (nSPS) is 12.5. The molecule has 26 heavy (non-hydrogen) atoms. The Balaban J connectivity index is 2.11. The number of hydrogen-bond acceptors (Lipinski definition) is 4. The first kappa shape index (κ1) is 18.3. The van der Waals surface area contributed by atoms with Gasteiger partial charge in [-0.1, -0.05) is 12.1 Å². The van der Waals surface area contributed by atoms with E-state index in [0.717, 1.165) is 22.2 Å². The van der Waals surface area contributed by atoms with Gasteiger partial charge in [-0.2, -0.15) is 13.2 Å². The van der Waals surface area contributed by atoms with Crippen LogP contribution < -0.4 is 10.5 Å². The van der Waals surface area contributed by atoms with Crippen LogP contribution in [-0.2, 0) is 16.2 Å². The number of fused-ring (bicyclic) bond motifs is 1. The molecule has 1 aromatic heterocycles. The maximum absolute atomic E-state index is 12.9. The molecule has 3 aromatic rings. The summed E-state index contributed by atoms with van der Waals surface area (Å²) in [6.45, 7) is 0.546. The van der Waals surface area contributed by atoms with Gasteiger partial charge < -0.3 is 10.5 Å². The molecule has 0 aliphatic carbocycles. The number of hydrogen-bond donors (Lipinski definition) is 1. The van der Waals surface area contributed by atoms with E-state index in [1.807, 2.05) is 0 Å². The van der Waals surface area contributed by atoms with E-state index in [1.54, 1.807) is 18.2 Å². The first-order chi connectivity index (χ1) is 12.2. The zero-order valence-electron chi connectivity index (χ0n) is 13.4. The quantitative estimate of drug-likeness (QED) is 0.733. The summed E-state index contributed by atoms with van der Waals surface area (Å²) in [5, 5.41) is 0.525. The number of ether oxygens (including phenoxy) is 1. The van der Waals surface area contributed by atoms with E-state index < -0.39 is 26.7 Å². The summed E-state index contributed by atoms with van der Waals surface area (Å²) in [5.41, 5.74) is 4.68. The predicted octanol–water partition coefficient (Wildman–Crippen LogP) is 3.23. The molecule has 0 saturated carbocycles. The van der Waals surface area contributed by atoms with Crippen molar-refractivity contribution >= 4 is 20.9 Å². The van der Waals surface area contributed by atoms with E-state index in [0.29, 0.717) is 29.3 Å². The molecule has 0 aliphatic rings. The number of alkyl halides is 3. The van der Waals surface area contributed by atoms with E-state index in [-0.39, 0.29) is 6.61 Å². The third-order valence-corrected chi connectivity index (χ3v) is 5.44. The summed E-state index contributed by atoms with van der Waals surface area (Å²) in [4.78, 5) is -0.446. The fourth-order valence-corrected chi connectivity index (χ4v) is 3.96. The standard InChI is InChI=1S/C17H15F3N2O3S/c18-17(19,20)12-3-1-4-13(11-12)26(23,24)22-9-7-14-15(22)5-2-6-16(14)25-10-8-21/h1-7,9,11H,8,10,21H2. The molecule has 2 aromatic carbocycles. The molecule has 0 atom stereocenters.